The monoisotopic (exact) mass is 453 g/mol. The Hall–Kier alpha value is -2.71. The minimum Gasteiger partial charge on any atom is -0.507 e. The van der Waals surface area contributed by atoms with Gasteiger partial charge in [0.15, 0.2) is 5.01 Å². The number of benzene rings is 1. The molecule has 1 saturated heterocycles. The number of aromatic hydroxyl groups is 1. The molecule has 2 aromatic heterocycles. The minimum absolute atomic E-state index is 0.00272. The number of anilines is 1. The van der Waals surface area contributed by atoms with Gasteiger partial charge in [0.2, 0.25) is 10.7 Å². The molecule has 0 spiro atoms. The molecule has 2 N–H and O–H groups in total. The van der Waals surface area contributed by atoms with E-state index >= 15 is 0 Å². The highest BCUT2D eigenvalue weighted by Crippen LogP contribution is 2.43. The maximum absolute atomic E-state index is 11.7. The second-order valence-corrected chi connectivity index (χ2v) is 10.7. The van der Waals surface area contributed by atoms with Gasteiger partial charge < -0.3 is 10.1 Å². The summed E-state index contributed by atoms with van der Waals surface area (Å²) in [7, 11) is 2.04. The highest BCUT2D eigenvalue weighted by molar-refractivity contribution is 7.18. The van der Waals surface area contributed by atoms with E-state index in [0.29, 0.717) is 17.0 Å². The van der Waals surface area contributed by atoms with Crippen molar-refractivity contribution in [1.29, 1.82) is 0 Å². The summed E-state index contributed by atoms with van der Waals surface area (Å²) in [5.41, 5.74) is 2.31. The molecule has 1 aromatic carbocycles. The van der Waals surface area contributed by atoms with Gasteiger partial charge in [-0.1, -0.05) is 23.5 Å². The van der Waals surface area contributed by atoms with E-state index < -0.39 is 0 Å². The molecule has 7 nitrogen and oxygen atoms in total. The van der Waals surface area contributed by atoms with Gasteiger partial charge in [0.05, 0.1) is 5.56 Å². The summed E-state index contributed by atoms with van der Waals surface area (Å²) in [6.07, 6.45) is 5.60. The van der Waals surface area contributed by atoms with Crippen molar-refractivity contribution in [3.05, 3.63) is 58.0 Å². The molecule has 0 amide bonds. The van der Waals surface area contributed by atoms with Crippen molar-refractivity contribution in [3.63, 3.8) is 0 Å². The molecule has 0 bridgehead atoms. The Balaban J connectivity index is 1.69. The fraction of sp³-hybridized carbons (Fsp3) is 0.458. The van der Waals surface area contributed by atoms with E-state index in [4.69, 9.17) is 0 Å². The maximum atomic E-state index is 11.7. The number of hydrogen-bond donors (Lipinski definition) is 2. The van der Waals surface area contributed by atoms with Crippen molar-refractivity contribution in [2.45, 2.75) is 64.5 Å². The number of nitrogens with zero attached hydrogens (tertiary/aromatic N) is 4. The SMILES string of the molecule is CN(c1nnc(-c2c(O)cccc2Cc2cc[nH]c(=O)c2)s1)N1C(C)(C)CCCC1(C)C. The Morgan fingerprint density at radius 2 is 1.88 bits per heavy atom. The minimum atomic E-state index is -0.143. The lowest BCUT2D eigenvalue weighted by molar-refractivity contribution is -0.0326. The zero-order valence-corrected chi connectivity index (χ0v) is 20.2. The van der Waals surface area contributed by atoms with Crippen LogP contribution in [0.1, 0.15) is 58.1 Å². The number of rotatable bonds is 5. The summed E-state index contributed by atoms with van der Waals surface area (Å²) in [6.45, 7) is 9.09. The number of aromatic nitrogens is 3. The molecule has 0 unspecified atom stereocenters. The fourth-order valence-corrected chi connectivity index (χ4v) is 6.02. The standard InChI is InChI=1S/C24H31N5O2S/c1-23(2)11-7-12-24(3,4)29(23)28(5)22-27-26-21(32-22)20-17(8-6-9-18(20)30)14-16-10-13-25-19(31)15-16/h6,8-10,13,15,30H,7,11-12,14H2,1-5H3,(H,25,31). The molecule has 3 heterocycles. The number of phenolic OH excluding ortho intramolecular Hbond substituents is 1. The Bertz CT molecular complexity index is 1150. The second kappa shape index (κ2) is 8.33. The van der Waals surface area contributed by atoms with Crippen LogP contribution >= 0.6 is 11.3 Å². The summed E-state index contributed by atoms with van der Waals surface area (Å²) >= 11 is 1.47. The lowest BCUT2D eigenvalue weighted by atomic mass is 9.81. The first-order chi connectivity index (χ1) is 15.1. The first-order valence-electron chi connectivity index (χ1n) is 10.9. The van der Waals surface area contributed by atoms with Gasteiger partial charge in [-0.05, 0) is 76.6 Å². The Labute approximate surface area is 192 Å². The van der Waals surface area contributed by atoms with Gasteiger partial charge in [0, 0.05) is 30.4 Å². The van der Waals surface area contributed by atoms with Crippen molar-refractivity contribution in [2.24, 2.45) is 0 Å². The number of hydrogen-bond acceptors (Lipinski definition) is 7. The molecule has 4 rings (SSSR count). The molecule has 8 heteroatoms. The third-order valence-corrected chi connectivity index (χ3v) is 7.30. The Morgan fingerprint density at radius 3 is 2.56 bits per heavy atom. The van der Waals surface area contributed by atoms with Crippen molar-refractivity contribution in [3.8, 4) is 16.3 Å². The molecule has 0 radical (unpaired) electrons. The van der Waals surface area contributed by atoms with Gasteiger partial charge in [0.1, 0.15) is 5.75 Å². The Kier molecular flexibility index (Phi) is 5.85. The number of H-pyrrole nitrogens is 1. The van der Waals surface area contributed by atoms with Gasteiger partial charge in [-0.15, -0.1) is 10.2 Å². The molecule has 1 aliphatic rings. The lowest BCUT2D eigenvalue weighted by Crippen LogP contribution is -2.64. The van der Waals surface area contributed by atoms with Gasteiger partial charge in [-0.3, -0.25) is 9.80 Å². The van der Waals surface area contributed by atoms with Crippen LogP contribution in [0.5, 0.6) is 5.75 Å². The summed E-state index contributed by atoms with van der Waals surface area (Å²) < 4.78 is 0. The number of nitrogens with one attached hydrogen (secondary N) is 1. The predicted molar refractivity (Wildman–Crippen MR) is 129 cm³/mol. The zero-order chi connectivity index (χ0) is 23.1. The van der Waals surface area contributed by atoms with Crippen molar-refractivity contribution < 1.29 is 5.11 Å². The molecular weight excluding hydrogens is 422 g/mol. The van der Waals surface area contributed by atoms with E-state index in [9.17, 15) is 9.90 Å². The van der Waals surface area contributed by atoms with E-state index in [1.54, 1.807) is 18.3 Å². The van der Waals surface area contributed by atoms with Crippen LogP contribution in [0.15, 0.2) is 41.3 Å². The molecule has 3 aromatic rings. The normalized spacial score (nSPS) is 17.9. The maximum Gasteiger partial charge on any atom is 0.248 e. The van der Waals surface area contributed by atoms with Crippen molar-refractivity contribution in [1.82, 2.24) is 20.2 Å². The highest BCUT2D eigenvalue weighted by Gasteiger charge is 2.44. The third-order valence-electron chi connectivity index (χ3n) is 6.29. The molecule has 32 heavy (non-hydrogen) atoms. The van der Waals surface area contributed by atoms with Crippen LogP contribution in [0, 0.1) is 0 Å². The van der Waals surface area contributed by atoms with Crippen LogP contribution in [0.2, 0.25) is 0 Å². The average molecular weight is 454 g/mol. The fourth-order valence-electron chi connectivity index (χ4n) is 5.13. The second-order valence-electron chi connectivity index (χ2n) is 9.75. The molecule has 1 aliphatic heterocycles. The predicted octanol–water partition coefficient (Wildman–Crippen LogP) is 4.58. The molecule has 0 aliphatic carbocycles. The lowest BCUT2D eigenvalue weighted by Gasteiger charge is -2.55. The van der Waals surface area contributed by atoms with E-state index in [0.717, 1.165) is 29.1 Å². The number of hydrazine groups is 1. The summed E-state index contributed by atoms with van der Waals surface area (Å²) in [6, 6.07) is 8.88. The van der Waals surface area contributed by atoms with Gasteiger partial charge >= 0.3 is 0 Å². The molecule has 170 valence electrons. The summed E-state index contributed by atoms with van der Waals surface area (Å²) in [5, 5.41) is 25.6. The van der Waals surface area contributed by atoms with E-state index in [-0.39, 0.29) is 22.4 Å². The first-order valence-corrected chi connectivity index (χ1v) is 11.8. The molecule has 0 saturated carbocycles. The van der Waals surface area contributed by atoms with Crippen LogP contribution in [0.25, 0.3) is 10.6 Å². The third kappa shape index (κ3) is 4.29. The largest absolute Gasteiger partial charge is 0.507 e. The quantitative estimate of drug-likeness (QED) is 0.588. The van der Waals surface area contributed by atoms with Crippen LogP contribution in [-0.4, -0.2) is 43.4 Å². The Morgan fingerprint density at radius 1 is 1.16 bits per heavy atom. The highest BCUT2D eigenvalue weighted by atomic mass is 32.1. The summed E-state index contributed by atoms with van der Waals surface area (Å²) in [5.74, 6) is 0.163. The van der Waals surface area contributed by atoms with Crippen molar-refractivity contribution >= 4 is 16.5 Å². The van der Waals surface area contributed by atoms with Crippen LogP contribution < -0.4 is 10.6 Å². The number of phenols is 1. The molecule has 1 fully saturated rings. The average Bonchev–Trinajstić information content (AvgIpc) is 3.16. The van der Waals surface area contributed by atoms with E-state index in [2.05, 4.69) is 52.9 Å². The zero-order valence-electron chi connectivity index (χ0n) is 19.3. The van der Waals surface area contributed by atoms with Gasteiger partial charge in [-0.25, -0.2) is 5.01 Å². The van der Waals surface area contributed by atoms with E-state index in [1.165, 1.54) is 17.8 Å². The van der Waals surface area contributed by atoms with Crippen LogP contribution in [0.4, 0.5) is 5.13 Å². The smallest absolute Gasteiger partial charge is 0.248 e. The number of piperidine rings is 1. The number of pyridine rings is 1. The molecule has 0 atom stereocenters. The van der Waals surface area contributed by atoms with Gasteiger partial charge in [-0.2, -0.15) is 0 Å². The topological polar surface area (TPSA) is 85.3 Å². The number of aromatic amines is 1. The first kappa shape index (κ1) is 22.5. The van der Waals surface area contributed by atoms with E-state index in [1.807, 2.05) is 25.2 Å². The molecular formula is C24H31N5O2S. The summed E-state index contributed by atoms with van der Waals surface area (Å²) in [4.78, 5) is 14.3. The van der Waals surface area contributed by atoms with Crippen molar-refractivity contribution in [2.75, 3.05) is 12.1 Å². The van der Waals surface area contributed by atoms with Crippen LogP contribution in [0.3, 0.4) is 0 Å². The van der Waals surface area contributed by atoms with Crippen LogP contribution in [-0.2, 0) is 6.42 Å². The van der Waals surface area contributed by atoms with Gasteiger partial charge in [0.25, 0.3) is 0 Å².